The molecule has 76 valence electrons. The highest BCUT2D eigenvalue weighted by molar-refractivity contribution is 5.85. The molecule has 2 rings (SSSR count). The molecule has 2 nitrogen and oxygen atoms in total. The van der Waals surface area contributed by atoms with Crippen LogP contribution in [0.1, 0.15) is 5.69 Å². The van der Waals surface area contributed by atoms with E-state index in [1.54, 1.807) is 4.68 Å². The van der Waals surface area contributed by atoms with Gasteiger partial charge in [-0.3, -0.25) is 0 Å². The van der Waals surface area contributed by atoms with Gasteiger partial charge in [0.2, 0.25) is 11.2 Å². The molecule has 2 aromatic rings. The van der Waals surface area contributed by atoms with Crippen LogP contribution in [-0.2, 0) is 0 Å². The first kappa shape index (κ1) is 13.0. The number of pyridine rings is 1. The third-order valence-electron chi connectivity index (χ3n) is 2.08. The Kier molecular flexibility index (Phi) is 4.68. The lowest BCUT2D eigenvalue weighted by Crippen LogP contribution is -3.00. The summed E-state index contributed by atoms with van der Waals surface area (Å²) in [6, 6.07) is 12.2. The van der Waals surface area contributed by atoms with Crippen molar-refractivity contribution in [1.29, 1.82) is 0 Å². The normalized spacial score (nSPS) is 8.93. The third-order valence-corrected chi connectivity index (χ3v) is 2.08. The Bertz CT molecular complexity index is 429. The molecule has 0 aliphatic heterocycles. The lowest BCUT2D eigenvalue weighted by atomic mass is 10.2. The van der Waals surface area contributed by atoms with Gasteiger partial charge < -0.3 is 12.4 Å². The monoisotopic (exact) mass is 230 g/mol. The summed E-state index contributed by atoms with van der Waals surface area (Å²) in [5.41, 5.74) is 2.13. The summed E-state index contributed by atoms with van der Waals surface area (Å²) in [6.45, 7) is 1.99. The zero-order valence-electron chi connectivity index (χ0n) is 7.77. The maximum Gasteiger partial charge on any atom is 0.242 e. The number of nitrogens with zero attached hydrogens (tertiary/aromatic N) is 1. The Hall–Kier alpha value is -0.990. The first-order valence-electron chi connectivity index (χ1n) is 3.94. The van der Waals surface area contributed by atoms with E-state index in [0.29, 0.717) is 0 Å². The van der Waals surface area contributed by atoms with Gasteiger partial charge in [-0.15, -0.1) is 12.4 Å². The number of hydrogen-bond acceptors (Lipinski definition) is 1. The van der Waals surface area contributed by atoms with Gasteiger partial charge in [0.1, 0.15) is 0 Å². The number of halogens is 2. The number of benzene rings is 1. The number of aromatic nitrogens is 1. The lowest BCUT2D eigenvalue weighted by molar-refractivity contribution is -0.618. The maximum absolute atomic E-state index is 5.83. The molecule has 0 bridgehead atoms. The molecular formula is C10H12Cl2N2. The topological polar surface area (TPSA) is 29.9 Å². The van der Waals surface area contributed by atoms with Crippen molar-refractivity contribution in [3.63, 3.8) is 0 Å². The highest BCUT2D eigenvalue weighted by Gasteiger charge is 2.06. The molecule has 1 heterocycles. The van der Waals surface area contributed by atoms with Crippen LogP contribution in [0.4, 0.5) is 0 Å². The van der Waals surface area contributed by atoms with Gasteiger partial charge in [-0.05, 0) is 12.1 Å². The van der Waals surface area contributed by atoms with Crippen LogP contribution in [0.25, 0.3) is 10.9 Å². The highest BCUT2D eigenvalue weighted by atomic mass is 35.5. The Labute approximate surface area is 95.5 Å². The smallest absolute Gasteiger partial charge is 0.242 e. The van der Waals surface area contributed by atoms with Gasteiger partial charge in [0, 0.05) is 24.4 Å². The molecule has 0 saturated carbocycles. The molecular weight excluding hydrogens is 219 g/mol. The second kappa shape index (κ2) is 5.03. The van der Waals surface area contributed by atoms with E-state index in [1.807, 2.05) is 31.2 Å². The summed E-state index contributed by atoms with van der Waals surface area (Å²) in [5.74, 6) is 5.83. The van der Waals surface area contributed by atoms with Crippen molar-refractivity contribution >= 4 is 23.3 Å². The Morgan fingerprint density at radius 2 is 1.71 bits per heavy atom. The minimum absolute atomic E-state index is 0. The molecule has 0 aliphatic carbocycles. The summed E-state index contributed by atoms with van der Waals surface area (Å²) in [4.78, 5) is 0. The molecule has 0 spiro atoms. The predicted octanol–water partition coefficient (Wildman–Crippen LogP) is -1.42. The second-order valence-corrected chi connectivity index (χ2v) is 2.90. The summed E-state index contributed by atoms with van der Waals surface area (Å²) in [6.07, 6.45) is 0. The Morgan fingerprint density at radius 1 is 1.07 bits per heavy atom. The van der Waals surface area contributed by atoms with E-state index in [0.717, 1.165) is 11.2 Å². The van der Waals surface area contributed by atoms with Crippen molar-refractivity contribution in [3.8, 4) is 0 Å². The SMILES string of the molecule is Cc1ccc2ccccc2[n+]1N.Cl.[Cl-]. The average molecular weight is 231 g/mol. The number of fused-ring (bicyclic) bond motifs is 1. The molecule has 1 aromatic carbocycles. The lowest BCUT2D eigenvalue weighted by Gasteiger charge is -1.96. The zero-order chi connectivity index (χ0) is 8.55. The van der Waals surface area contributed by atoms with Crippen molar-refractivity contribution in [3.05, 3.63) is 42.1 Å². The highest BCUT2D eigenvalue weighted by Crippen LogP contribution is 2.08. The van der Waals surface area contributed by atoms with Gasteiger partial charge >= 0.3 is 0 Å². The fraction of sp³-hybridized carbons (Fsp3) is 0.100. The summed E-state index contributed by atoms with van der Waals surface area (Å²) in [5, 5.41) is 1.17. The molecule has 2 N–H and O–H groups in total. The van der Waals surface area contributed by atoms with Gasteiger partial charge in [-0.2, -0.15) is 0 Å². The van der Waals surface area contributed by atoms with Crippen LogP contribution in [0.15, 0.2) is 36.4 Å². The number of hydrogen-bond donors (Lipinski definition) is 1. The molecule has 14 heavy (non-hydrogen) atoms. The summed E-state index contributed by atoms with van der Waals surface area (Å²) < 4.78 is 1.70. The third kappa shape index (κ3) is 2.08. The van der Waals surface area contributed by atoms with Crippen LogP contribution in [0.3, 0.4) is 0 Å². The van der Waals surface area contributed by atoms with E-state index in [-0.39, 0.29) is 24.8 Å². The van der Waals surface area contributed by atoms with Gasteiger partial charge in [0.15, 0.2) is 0 Å². The average Bonchev–Trinajstić information content (AvgIpc) is 2.12. The van der Waals surface area contributed by atoms with E-state index in [2.05, 4.69) is 12.1 Å². The van der Waals surface area contributed by atoms with Gasteiger partial charge in [0.25, 0.3) is 0 Å². The van der Waals surface area contributed by atoms with Crippen LogP contribution in [0.2, 0.25) is 0 Å². The van der Waals surface area contributed by atoms with Crippen molar-refractivity contribution in [2.24, 2.45) is 0 Å². The minimum atomic E-state index is 0. The van der Waals surface area contributed by atoms with E-state index in [1.165, 1.54) is 5.39 Å². The number of nitrogens with two attached hydrogens (primary N) is 1. The van der Waals surface area contributed by atoms with Crippen LogP contribution >= 0.6 is 12.4 Å². The van der Waals surface area contributed by atoms with E-state index in [9.17, 15) is 0 Å². The molecule has 0 fully saturated rings. The number of para-hydroxylation sites is 1. The predicted molar refractivity (Wildman–Crippen MR) is 56.3 cm³/mol. The van der Waals surface area contributed by atoms with Gasteiger partial charge in [0.05, 0.1) is 0 Å². The van der Waals surface area contributed by atoms with Crippen molar-refractivity contribution in [1.82, 2.24) is 0 Å². The summed E-state index contributed by atoms with van der Waals surface area (Å²) >= 11 is 0. The van der Waals surface area contributed by atoms with Crippen LogP contribution in [0, 0.1) is 6.92 Å². The minimum Gasteiger partial charge on any atom is -1.00 e. The molecule has 0 aliphatic rings. The first-order valence-corrected chi connectivity index (χ1v) is 3.94. The second-order valence-electron chi connectivity index (χ2n) is 2.90. The fourth-order valence-electron chi connectivity index (χ4n) is 1.33. The zero-order valence-corrected chi connectivity index (χ0v) is 9.35. The van der Waals surface area contributed by atoms with E-state index < -0.39 is 0 Å². The molecule has 0 amide bonds. The number of aryl methyl sites for hydroxylation is 1. The largest absolute Gasteiger partial charge is 1.00 e. The molecule has 0 radical (unpaired) electrons. The Balaban J connectivity index is 0.000000845. The summed E-state index contributed by atoms with van der Waals surface area (Å²) in [7, 11) is 0. The van der Waals surface area contributed by atoms with E-state index >= 15 is 0 Å². The molecule has 0 saturated heterocycles. The molecule has 0 unspecified atom stereocenters. The molecule has 4 heteroatoms. The quantitative estimate of drug-likeness (QED) is 0.437. The van der Waals surface area contributed by atoms with Gasteiger partial charge in [-0.25, -0.2) is 5.84 Å². The van der Waals surface area contributed by atoms with Crippen LogP contribution in [0.5, 0.6) is 0 Å². The fourth-order valence-corrected chi connectivity index (χ4v) is 1.33. The number of nitrogen functional groups attached to an aromatic ring is 1. The van der Waals surface area contributed by atoms with Crippen molar-refractivity contribution < 1.29 is 17.1 Å². The van der Waals surface area contributed by atoms with E-state index in [4.69, 9.17) is 5.84 Å². The first-order chi connectivity index (χ1) is 5.79. The Morgan fingerprint density at radius 3 is 2.43 bits per heavy atom. The van der Waals surface area contributed by atoms with Crippen LogP contribution < -0.4 is 22.9 Å². The van der Waals surface area contributed by atoms with Crippen molar-refractivity contribution in [2.75, 3.05) is 5.84 Å². The van der Waals surface area contributed by atoms with Gasteiger partial charge in [-0.1, -0.05) is 16.8 Å². The molecule has 1 aromatic heterocycles. The van der Waals surface area contributed by atoms with Crippen LogP contribution in [-0.4, -0.2) is 0 Å². The maximum atomic E-state index is 5.83. The molecule has 0 atom stereocenters. The number of rotatable bonds is 0. The standard InChI is InChI=1S/C10H11N2.2ClH/c1-8-6-7-9-4-2-3-5-10(9)12(8)11;;/h2-7H,11H2,1H3;2*1H/q+1;;/p-1. The van der Waals surface area contributed by atoms with Crippen molar-refractivity contribution in [2.45, 2.75) is 6.92 Å².